The second-order valence-corrected chi connectivity index (χ2v) is 1.71. The van der Waals surface area contributed by atoms with E-state index in [2.05, 4.69) is 51.6 Å². The van der Waals surface area contributed by atoms with E-state index in [1.807, 2.05) is 0 Å². The van der Waals surface area contributed by atoms with E-state index in [4.69, 9.17) is 16.2 Å². The topological polar surface area (TPSA) is 110 Å². The average molecular weight is 258 g/mol. The van der Waals surface area contributed by atoms with Gasteiger partial charge in [0.2, 0.25) is 0 Å². The zero-order chi connectivity index (χ0) is 12.4. The number of hydrogen-bond donors (Lipinski definition) is 3. The molecule has 0 radical (unpaired) electrons. The van der Waals surface area contributed by atoms with Crippen molar-refractivity contribution in [1.82, 2.24) is 15.0 Å². The molecule has 0 atom stereocenters. The van der Waals surface area contributed by atoms with Gasteiger partial charge in [0.25, 0.3) is 0 Å². The Labute approximate surface area is 102 Å². The van der Waals surface area contributed by atoms with E-state index in [0.717, 1.165) is 0 Å². The lowest BCUT2D eigenvalue weighted by Gasteiger charge is -1.69. The molecule has 0 aliphatic rings. The van der Waals surface area contributed by atoms with Crippen LogP contribution < -0.4 is 0 Å². The minimum atomic E-state index is 1.44. The van der Waals surface area contributed by atoms with Crippen molar-refractivity contribution in [2.45, 2.75) is 0 Å². The van der Waals surface area contributed by atoms with Gasteiger partial charge in [-0.3, -0.25) is 0 Å². The van der Waals surface area contributed by atoms with Crippen LogP contribution in [0.1, 0.15) is 0 Å². The van der Waals surface area contributed by atoms with Crippen LogP contribution in [-0.2, 0) is 0 Å². The Hall–Kier alpha value is -1.59. The molecule has 15 heavy (non-hydrogen) atoms. The number of rotatable bonds is 0. The van der Waals surface area contributed by atoms with Crippen LogP contribution in [0.2, 0.25) is 0 Å². The largest absolute Gasteiger partial charge is 0.248 e. The monoisotopic (exact) mass is 258 g/mol. The molecule has 0 aromatic carbocycles. The first-order chi connectivity index (χ1) is 7.24. The average Bonchev–Trinajstić information content (AvgIpc) is 2.24. The summed E-state index contributed by atoms with van der Waals surface area (Å²) in [6.07, 6.45) is 4.31. The summed E-state index contributed by atoms with van der Waals surface area (Å²) in [5.41, 5.74) is 0. The third kappa shape index (κ3) is 69.2. The van der Waals surface area contributed by atoms with Gasteiger partial charge in [-0.25, -0.2) is 31.2 Å². The van der Waals surface area contributed by atoms with Gasteiger partial charge >= 0.3 is 0 Å². The van der Waals surface area contributed by atoms with E-state index in [1.165, 1.54) is 19.0 Å². The van der Waals surface area contributed by atoms with Crippen molar-refractivity contribution in [1.29, 1.82) is 16.2 Å². The minimum absolute atomic E-state index is 1.44. The van der Waals surface area contributed by atoms with Crippen molar-refractivity contribution < 1.29 is 0 Å². The molecule has 78 valence electrons. The van der Waals surface area contributed by atoms with E-state index in [-0.39, 0.29) is 0 Å². The minimum Gasteiger partial charge on any atom is -0.248 e. The zero-order valence-electron chi connectivity index (χ0n) is 7.30. The summed E-state index contributed by atoms with van der Waals surface area (Å²) >= 11 is 11.4. The lowest BCUT2D eigenvalue weighted by molar-refractivity contribution is 1.05. The molecular weight excluding hydrogens is 252 g/mol. The van der Waals surface area contributed by atoms with E-state index in [0.29, 0.717) is 0 Å². The molecule has 0 unspecified atom stereocenters. The van der Waals surface area contributed by atoms with Crippen LogP contribution in [0, 0.1) is 16.2 Å². The predicted molar refractivity (Wildman–Crippen MR) is 65.8 cm³/mol. The maximum atomic E-state index is 5.77. The second kappa shape index (κ2) is 29.4. The molecule has 3 N–H and O–H groups in total. The lowest BCUT2D eigenvalue weighted by atomic mass is 11.1. The fourth-order valence-corrected chi connectivity index (χ4v) is 0.205. The Morgan fingerprint density at radius 1 is 0.667 bits per heavy atom. The van der Waals surface area contributed by atoms with E-state index < -0.39 is 0 Å². The standard InChI is InChI=1S/C3H3N3.3CHNS/c1-4-2-6-3-5-1;3*2-1-3/h1-3H;3*2H. The predicted octanol–water partition coefficient (Wildman–Crippen LogP) is 1.88. The van der Waals surface area contributed by atoms with Gasteiger partial charge in [0.15, 0.2) is 0 Å². The molecule has 0 aliphatic carbocycles. The van der Waals surface area contributed by atoms with Crippen LogP contribution in [0.25, 0.3) is 0 Å². The van der Waals surface area contributed by atoms with Crippen LogP contribution in [-0.4, -0.2) is 30.4 Å². The Morgan fingerprint density at radius 2 is 0.800 bits per heavy atom. The SMILES string of the molecule is N=C=S.N=C=S.N=C=S.c1ncncn1. The van der Waals surface area contributed by atoms with Gasteiger partial charge in [-0.05, 0) is 36.7 Å². The highest BCUT2D eigenvalue weighted by molar-refractivity contribution is 7.78. The summed E-state index contributed by atoms with van der Waals surface area (Å²) in [6.45, 7) is 0. The van der Waals surface area contributed by atoms with Crippen molar-refractivity contribution in [2.24, 2.45) is 0 Å². The van der Waals surface area contributed by atoms with Crippen LogP contribution in [0.4, 0.5) is 0 Å². The fraction of sp³-hybridized carbons (Fsp3) is 0. The number of nitrogens with one attached hydrogen (secondary N) is 3. The molecule has 0 saturated heterocycles. The maximum Gasteiger partial charge on any atom is 0.119 e. The van der Waals surface area contributed by atoms with Crippen molar-refractivity contribution in [2.75, 3.05) is 0 Å². The lowest BCUT2D eigenvalue weighted by Crippen LogP contribution is -1.73. The third-order valence-electron chi connectivity index (χ3n) is 0.400. The quantitative estimate of drug-likeness (QED) is 0.484. The molecular formula is C6H6N6S3. The van der Waals surface area contributed by atoms with Gasteiger partial charge in [0, 0.05) is 0 Å². The highest BCUT2D eigenvalue weighted by Crippen LogP contribution is 1.57. The molecule has 0 bridgehead atoms. The summed E-state index contributed by atoms with van der Waals surface area (Å²) in [4.78, 5) is 10.7. The zero-order valence-corrected chi connectivity index (χ0v) is 9.75. The summed E-state index contributed by atoms with van der Waals surface area (Å²) in [6, 6.07) is 0. The number of isothiocyanates is 3. The normalized spacial score (nSPS) is 4.80. The van der Waals surface area contributed by atoms with Gasteiger partial charge in [-0.15, -0.1) is 0 Å². The van der Waals surface area contributed by atoms with Crippen molar-refractivity contribution in [3.8, 4) is 0 Å². The summed E-state index contributed by atoms with van der Waals surface area (Å²) < 4.78 is 0. The molecule has 6 nitrogen and oxygen atoms in total. The van der Waals surface area contributed by atoms with Crippen molar-refractivity contribution >= 4 is 52.1 Å². The number of hydrogen-bond acceptors (Lipinski definition) is 9. The molecule has 0 fully saturated rings. The molecule has 1 aromatic heterocycles. The van der Waals surface area contributed by atoms with E-state index in [1.54, 1.807) is 15.5 Å². The molecule has 9 heteroatoms. The Bertz CT molecular complexity index is 254. The third-order valence-corrected chi connectivity index (χ3v) is 0.400. The van der Waals surface area contributed by atoms with Crippen LogP contribution >= 0.6 is 36.7 Å². The van der Waals surface area contributed by atoms with Crippen LogP contribution in [0.15, 0.2) is 19.0 Å². The molecule has 0 aliphatic heterocycles. The summed E-state index contributed by atoms with van der Waals surface area (Å²) in [5, 5.41) is 22.1. The van der Waals surface area contributed by atoms with Gasteiger partial charge in [0.05, 0.1) is 15.5 Å². The summed E-state index contributed by atoms with van der Waals surface area (Å²) in [7, 11) is 0. The number of thiocarbonyl (C=S) groups is 3. The molecule has 1 aromatic rings. The van der Waals surface area contributed by atoms with Gasteiger partial charge < -0.3 is 0 Å². The Morgan fingerprint density at radius 3 is 0.867 bits per heavy atom. The number of nitrogens with zero attached hydrogens (tertiary/aromatic N) is 3. The van der Waals surface area contributed by atoms with Crippen LogP contribution in [0.3, 0.4) is 0 Å². The highest BCUT2D eigenvalue weighted by atomic mass is 32.1. The van der Waals surface area contributed by atoms with Crippen molar-refractivity contribution in [3.05, 3.63) is 19.0 Å². The first-order valence-electron chi connectivity index (χ1n) is 2.91. The smallest absolute Gasteiger partial charge is 0.119 e. The summed E-state index contributed by atoms with van der Waals surface area (Å²) in [5.74, 6) is 0. The van der Waals surface area contributed by atoms with Gasteiger partial charge in [0.1, 0.15) is 19.0 Å². The second-order valence-electron chi connectivity index (χ2n) is 1.10. The number of aromatic nitrogens is 3. The van der Waals surface area contributed by atoms with Gasteiger partial charge in [-0.2, -0.15) is 0 Å². The molecule has 0 saturated carbocycles. The molecule has 0 amide bonds. The highest BCUT2D eigenvalue weighted by Gasteiger charge is 1.59. The Balaban J connectivity index is -0.000000140. The first kappa shape index (κ1) is 19.1. The van der Waals surface area contributed by atoms with E-state index in [9.17, 15) is 0 Å². The van der Waals surface area contributed by atoms with Crippen molar-refractivity contribution in [3.63, 3.8) is 0 Å². The fourth-order valence-electron chi connectivity index (χ4n) is 0.205. The molecule has 1 heterocycles. The first-order valence-corrected chi connectivity index (χ1v) is 4.14. The van der Waals surface area contributed by atoms with Gasteiger partial charge in [-0.1, -0.05) is 0 Å². The molecule has 1 rings (SSSR count). The van der Waals surface area contributed by atoms with Crippen LogP contribution in [0.5, 0.6) is 0 Å². The molecule has 0 spiro atoms. The Kier molecular flexibility index (Phi) is 37.4. The maximum absolute atomic E-state index is 5.77. The van der Waals surface area contributed by atoms with E-state index >= 15 is 0 Å².